The molecule has 0 aromatic heterocycles. The zero-order valence-electron chi connectivity index (χ0n) is 12.0. The van der Waals surface area contributed by atoms with Gasteiger partial charge in [0.2, 0.25) is 5.91 Å². The zero-order valence-corrected chi connectivity index (χ0v) is 12.0. The molecule has 1 aliphatic heterocycles. The monoisotopic (exact) mass is 255 g/mol. The molecular weight excluding hydrogens is 226 g/mol. The third-order valence-electron chi connectivity index (χ3n) is 3.67. The average molecular weight is 255 g/mol. The number of amides is 1. The van der Waals surface area contributed by atoms with Gasteiger partial charge in [0.1, 0.15) is 0 Å². The SMILES string of the molecule is CC(N)CCCC(C)C(=O)NCCN1CCCC1. The summed E-state index contributed by atoms with van der Waals surface area (Å²) in [6, 6.07) is 0.246. The van der Waals surface area contributed by atoms with E-state index < -0.39 is 0 Å². The Hall–Kier alpha value is -0.610. The summed E-state index contributed by atoms with van der Waals surface area (Å²) in [5.41, 5.74) is 5.70. The van der Waals surface area contributed by atoms with Gasteiger partial charge in [-0.1, -0.05) is 13.3 Å². The maximum atomic E-state index is 11.8. The van der Waals surface area contributed by atoms with Crippen LogP contribution in [0.1, 0.15) is 46.0 Å². The van der Waals surface area contributed by atoms with E-state index in [0.29, 0.717) is 0 Å². The second-order valence-electron chi connectivity index (χ2n) is 5.65. The molecule has 1 fully saturated rings. The van der Waals surface area contributed by atoms with Gasteiger partial charge in [0, 0.05) is 25.0 Å². The van der Waals surface area contributed by atoms with Crippen LogP contribution < -0.4 is 11.1 Å². The summed E-state index contributed by atoms with van der Waals surface area (Å²) in [6.45, 7) is 8.20. The summed E-state index contributed by atoms with van der Waals surface area (Å²) in [6.07, 6.45) is 5.60. The molecule has 18 heavy (non-hydrogen) atoms. The lowest BCUT2D eigenvalue weighted by atomic mass is 10.0. The molecule has 106 valence electrons. The van der Waals surface area contributed by atoms with Crippen molar-refractivity contribution in [3.8, 4) is 0 Å². The van der Waals surface area contributed by atoms with Gasteiger partial charge in [-0.05, 0) is 45.7 Å². The van der Waals surface area contributed by atoms with Crippen molar-refractivity contribution in [1.29, 1.82) is 0 Å². The van der Waals surface area contributed by atoms with Crippen molar-refractivity contribution in [3.63, 3.8) is 0 Å². The van der Waals surface area contributed by atoms with E-state index in [1.165, 1.54) is 25.9 Å². The van der Waals surface area contributed by atoms with Crippen molar-refractivity contribution in [1.82, 2.24) is 10.2 Å². The van der Waals surface area contributed by atoms with Crippen LogP contribution >= 0.6 is 0 Å². The van der Waals surface area contributed by atoms with Crippen LogP contribution in [0.4, 0.5) is 0 Å². The van der Waals surface area contributed by atoms with Crippen LogP contribution in [0.5, 0.6) is 0 Å². The summed E-state index contributed by atoms with van der Waals surface area (Å²) in [7, 11) is 0. The second-order valence-corrected chi connectivity index (χ2v) is 5.65. The highest BCUT2D eigenvalue weighted by Gasteiger charge is 2.14. The standard InChI is InChI=1S/C14H29N3O/c1-12(6-5-7-13(2)15)14(18)16-8-11-17-9-3-4-10-17/h12-13H,3-11,15H2,1-2H3,(H,16,18). The molecule has 4 heteroatoms. The molecule has 0 saturated carbocycles. The van der Waals surface area contributed by atoms with E-state index in [0.717, 1.165) is 32.4 Å². The summed E-state index contributed by atoms with van der Waals surface area (Å²) < 4.78 is 0. The van der Waals surface area contributed by atoms with Crippen LogP contribution in [0.15, 0.2) is 0 Å². The predicted molar refractivity (Wildman–Crippen MR) is 75.3 cm³/mol. The lowest BCUT2D eigenvalue weighted by Crippen LogP contribution is -2.36. The topological polar surface area (TPSA) is 58.4 Å². The highest BCUT2D eigenvalue weighted by atomic mass is 16.1. The third-order valence-corrected chi connectivity index (χ3v) is 3.67. The summed E-state index contributed by atoms with van der Waals surface area (Å²) in [5, 5.41) is 3.04. The van der Waals surface area contributed by atoms with Gasteiger partial charge in [-0.3, -0.25) is 4.79 Å². The lowest BCUT2D eigenvalue weighted by Gasteiger charge is -2.17. The number of nitrogens with one attached hydrogen (secondary N) is 1. The first kappa shape index (κ1) is 15.4. The Bertz CT molecular complexity index is 237. The number of carbonyl (C=O) groups is 1. The fraction of sp³-hybridized carbons (Fsp3) is 0.929. The van der Waals surface area contributed by atoms with Crippen LogP contribution in [0.3, 0.4) is 0 Å². The maximum Gasteiger partial charge on any atom is 0.222 e. The molecule has 2 unspecified atom stereocenters. The van der Waals surface area contributed by atoms with E-state index >= 15 is 0 Å². The lowest BCUT2D eigenvalue weighted by molar-refractivity contribution is -0.124. The normalized spacial score (nSPS) is 19.7. The Labute approximate surface area is 111 Å². The van der Waals surface area contributed by atoms with E-state index in [-0.39, 0.29) is 17.9 Å². The van der Waals surface area contributed by atoms with Crippen LogP contribution in [0.2, 0.25) is 0 Å². The summed E-state index contributed by atoms with van der Waals surface area (Å²) in [4.78, 5) is 14.2. The fourth-order valence-electron chi connectivity index (χ4n) is 2.39. The molecule has 0 aromatic rings. The van der Waals surface area contributed by atoms with Gasteiger partial charge in [-0.15, -0.1) is 0 Å². The van der Waals surface area contributed by atoms with Crippen LogP contribution in [0, 0.1) is 5.92 Å². The van der Waals surface area contributed by atoms with Crippen LogP contribution in [0.25, 0.3) is 0 Å². The van der Waals surface area contributed by atoms with Gasteiger partial charge >= 0.3 is 0 Å². The fourth-order valence-corrected chi connectivity index (χ4v) is 2.39. The molecule has 0 bridgehead atoms. The van der Waals surface area contributed by atoms with Gasteiger partial charge in [0.25, 0.3) is 0 Å². The quantitative estimate of drug-likeness (QED) is 0.688. The van der Waals surface area contributed by atoms with Crippen molar-refractivity contribution in [2.24, 2.45) is 11.7 Å². The van der Waals surface area contributed by atoms with Gasteiger partial charge in [0.15, 0.2) is 0 Å². The number of nitrogens with two attached hydrogens (primary N) is 1. The van der Waals surface area contributed by atoms with E-state index in [9.17, 15) is 4.79 Å². The molecule has 3 N–H and O–H groups in total. The molecule has 4 nitrogen and oxygen atoms in total. The Morgan fingerprint density at radius 1 is 1.28 bits per heavy atom. The third kappa shape index (κ3) is 6.36. The molecule has 1 saturated heterocycles. The Morgan fingerprint density at radius 3 is 2.56 bits per heavy atom. The highest BCUT2D eigenvalue weighted by molar-refractivity contribution is 5.78. The molecule has 1 rings (SSSR count). The van der Waals surface area contributed by atoms with Gasteiger partial charge in [-0.25, -0.2) is 0 Å². The van der Waals surface area contributed by atoms with Crippen molar-refractivity contribution in [3.05, 3.63) is 0 Å². The number of carbonyl (C=O) groups excluding carboxylic acids is 1. The van der Waals surface area contributed by atoms with Crippen molar-refractivity contribution in [2.45, 2.75) is 52.0 Å². The van der Waals surface area contributed by atoms with Gasteiger partial charge in [0.05, 0.1) is 0 Å². The van der Waals surface area contributed by atoms with Crippen molar-refractivity contribution >= 4 is 5.91 Å². The molecule has 0 aliphatic carbocycles. The first-order valence-corrected chi connectivity index (χ1v) is 7.35. The molecule has 2 atom stereocenters. The number of rotatable bonds is 8. The minimum absolute atomic E-state index is 0.113. The molecule has 0 spiro atoms. The summed E-state index contributed by atoms with van der Waals surface area (Å²) >= 11 is 0. The largest absolute Gasteiger partial charge is 0.355 e. The van der Waals surface area contributed by atoms with E-state index in [4.69, 9.17) is 5.73 Å². The van der Waals surface area contributed by atoms with Crippen molar-refractivity contribution in [2.75, 3.05) is 26.2 Å². The van der Waals surface area contributed by atoms with E-state index in [1.54, 1.807) is 0 Å². The highest BCUT2D eigenvalue weighted by Crippen LogP contribution is 2.09. The first-order valence-electron chi connectivity index (χ1n) is 7.35. The number of hydrogen-bond donors (Lipinski definition) is 2. The summed E-state index contributed by atoms with van der Waals surface area (Å²) in [5.74, 6) is 0.307. The smallest absolute Gasteiger partial charge is 0.222 e. The first-order chi connectivity index (χ1) is 8.59. The second kappa shape index (κ2) is 8.48. The molecule has 1 heterocycles. The van der Waals surface area contributed by atoms with Gasteiger partial charge < -0.3 is 16.0 Å². The van der Waals surface area contributed by atoms with Crippen LogP contribution in [-0.2, 0) is 4.79 Å². The Kier molecular flexibility index (Phi) is 7.28. The van der Waals surface area contributed by atoms with E-state index in [2.05, 4.69) is 10.2 Å². The minimum atomic E-state index is 0.113. The number of likely N-dealkylation sites (tertiary alicyclic amines) is 1. The van der Waals surface area contributed by atoms with Gasteiger partial charge in [-0.2, -0.15) is 0 Å². The maximum absolute atomic E-state index is 11.8. The Balaban J connectivity index is 2.03. The molecular formula is C14H29N3O. The van der Waals surface area contributed by atoms with E-state index in [1.807, 2.05) is 13.8 Å². The molecule has 0 radical (unpaired) electrons. The van der Waals surface area contributed by atoms with Crippen molar-refractivity contribution < 1.29 is 4.79 Å². The minimum Gasteiger partial charge on any atom is -0.355 e. The zero-order chi connectivity index (χ0) is 13.4. The average Bonchev–Trinajstić information content (AvgIpc) is 2.81. The number of nitrogens with zero attached hydrogens (tertiary/aromatic N) is 1. The molecule has 0 aromatic carbocycles. The Morgan fingerprint density at radius 2 is 1.94 bits per heavy atom. The number of hydrogen-bond acceptors (Lipinski definition) is 3. The predicted octanol–water partition coefficient (Wildman–Crippen LogP) is 1.35. The van der Waals surface area contributed by atoms with Crippen LogP contribution in [-0.4, -0.2) is 43.0 Å². The molecule has 1 aliphatic rings. The molecule has 1 amide bonds.